The summed E-state index contributed by atoms with van der Waals surface area (Å²) in [7, 11) is 0. The maximum Gasteiger partial charge on any atom is 0.282 e. The van der Waals surface area contributed by atoms with Crippen LogP contribution in [0.1, 0.15) is 30.5 Å². The highest BCUT2D eigenvalue weighted by Crippen LogP contribution is 2.38. The van der Waals surface area contributed by atoms with Gasteiger partial charge in [-0.1, -0.05) is 59.6 Å². The highest BCUT2D eigenvalue weighted by atomic mass is 35.5. The quantitative estimate of drug-likeness (QED) is 0.449. The van der Waals surface area contributed by atoms with E-state index in [1.165, 1.54) is 4.90 Å². The number of carbonyl (C=O) groups excluding carboxylic acids is 2. The lowest BCUT2D eigenvalue weighted by Gasteiger charge is -2.20. The zero-order valence-corrected chi connectivity index (χ0v) is 19.7. The summed E-state index contributed by atoms with van der Waals surface area (Å²) in [5.41, 5.74) is 4.17. The molecule has 0 unspecified atom stereocenters. The minimum Gasteiger partial charge on any atom is -0.489 e. The van der Waals surface area contributed by atoms with Crippen LogP contribution in [0.3, 0.4) is 0 Å². The Kier molecular flexibility index (Phi) is 6.25. The molecule has 6 heteroatoms. The molecule has 1 N–H and O–H groups in total. The van der Waals surface area contributed by atoms with Crippen LogP contribution in [-0.4, -0.2) is 17.9 Å². The van der Waals surface area contributed by atoms with Gasteiger partial charge in [-0.15, -0.1) is 0 Å². The number of amides is 2. The Balaban J connectivity index is 1.83. The van der Waals surface area contributed by atoms with Crippen molar-refractivity contribution in [1.29, 1.82) is 0 Å². The van der Waals surface area contributed by atoms with Crippen LogP contribution in [0.5, 0.6) is 5.75 Å². The van der Waals surface area contributed by atoms with E-state index in [0.717, 1.165) is 11.1 Å². The minimum absolute atomic E-state index is 0.115. The molecule has 0 saturated heterocycles. The average Bonchev–Trinajstić information content (AvgIpc) is 3.01. The molecule has 5 nitrogen and oxygen atoms in total. The molecule has 1 aliphatic rings. The van der Waals surface area contributed by atoms with Crippen LogP contribution < -0.4 is 15.0 Å². The molecule has 0 atom stereocenters. The van der Waals surface area contributed by atoms with Crippen molar-refractivity contribution in [1.82, 2.24) is 0 Å². The number of aryl methyl sites for hydroxylation is 2. The summed E-state index contributed by atoms with van der Waals surface area (Å²) in [5, 5.41) is 3.73. The smallest absolute Gasteiger partial charge is 0.282 e. The second kappa shape index (κ2) is 9.12. The molecule has 3 aromatic carbocycles. The van der Waals surface area contributed by atoms with Gasteiger partial charge in [0.05, 0.1) is 17.4 Å². The third kappa shape index (κ3) is 4.50. The first kappa shape index (κ1) is 22.6. The Morgan fingerprint density at radius 2 is 1.61 bits per heavy atom. The number of nitrogens with one attached hydrogen (secondary N) is 1. The molecule has 4 rings (SSSR count). The van der Waals surface area contributed by atoms with E-state index in [9.17, 15) is 9.59 Å². The summed E-state index contributed by atoms with van der Waals surface area (Å²) in [6, 6.07) is 20.0. The molecule has 33 heavy (non-hydrogen) atoms. The maximum absolute atomic E-state index is 13.7. The van der Waals surface area contributed by atoms with Gasteiger partial charge in [-0.05, 0) is 63.1 Å². The fourth-order valence-corrected chi connectivity index (χ4v) is 3.84. The number of hydrogen-bond donors (Lipinski definition) is 1. The number of nitrogens with zero attached hydrogens (tertiary/aromatic N) is 1. The first-order valence-electron chi connectivity index (χ1n) is 10.7. The van der Waals surface area contributed by atoms with Gasteiger partial charge in [-0.2, -0.15) is 0 Å². The van der Waals surface area contributed by atoms with Gasteiger partial charge >= 0.3 is 0 Å². The first-order valence-corrected chi connectivity index (χ1v) is 11.1. The van der Waals surface area contributed by atoms with Crippen LogP contribution >= 0.6 is 11.6 Å². The highest BCUT2D eigenvalue weighted by Gasteiger charge is 2.41. The van der Waals surface area contributed by atoms with Crippen molar-refractivity contribution < 1.29 is 14.3 Å². The highest BCUT2D eigenvalue weighted by molar-refractivity contribution is 6.46. The van der Waals surface area contributed by atoms with E-state index in [4.69, 9.17) is 16.3 Å². The first-order chi connectivity index (χ1) is 15.8. The predicted octanol–water partition coefficient (Wildman–Crippen LogP) is 6.14. The number of carbonyl (C=O) groups is 2. The third-order valence-corrected chi connectivity index (χ3v) is 5.74. The molecule has 0 aliphatic carbocycles. The summed E-state index contributed by atoms with van der Waals surface area (Å²) in [6.45, 7) is 7.67. The largest absolute Gasteiger partial charge is 0.489 e. The van der Waals surface area contributed by atoms with Crippen LogP contribution in [0.4, 0.5) is 11.4 Å². The minimum atomic E-state index is -0.452. The predicted molar refractivity (Wildman–Crippen MR) is 133 cm³/mol. The number of benzene rings is 3. The molecule has 1 aliphatic heterocycles. The Morgan fingerprint density at radius 3 is 2.27 bits per heavy atom. The van der Waals surface area contributed by atoms with Crippen molar-refractivity contribution in [2.75, 3.05) is 10.2 Å². The van der Waals surface area contributed by atoms with E-state index in [0.29, 0.717) is 33.3 Å². The van der Waals surface area contributed by atoms with Gasteiger partial charge < -0.3 is 10.1 Å². The molecular weight excluding hydrogens is 436 g/mol. The van der Waals surface area contributed by atoms with E-state index in [2.05, 4.69) is 5.32 Å². The zero-order valence-electron chi connectivity index (χ0n) is 19.0. The van der Waals surface area contributed by atoms with Gasteiger partial charge in [0.25, 0.3) is 11.8 Å². The molecule has 0 aromatic heterocycles. The molecule has 2 amide bonds. The number of imide groups is 1. The lowest BCUT2D eigenvalue weighted by atomic mass is 10.0. The molecule has 0 bridgehead atoms. The molecule has 0 radical (unpaired) electrons. The molecule has 0 spiro atoms. The van der Waals surface area contributed by atoms with Crippen LogP contribution in [0, 0.1) is 13.8 Å². The fraction of sp³-hybridized carbons (Fsp3) is 0.185. The lowest BCUT2D eigenvalue weighted by molar-refractivity contribution is -0.120. The molecule has 0 saturated carbocycles. The topological polar surface area (TPSA) is 58.6 Å². The summed E-state index contributed by atoms with van der Waals surface area (Å²) < 4.78 is 5.89. The van der Waals surface area contributed by atoms with Crippen molar-refractivity contribution in [3.8, 4) is 5.75 Å². The number of rotatable bonds is 6. The fourth-order valence-electron chi connectivity index (χ4n) is 3.66. The second-order valence-corrected chi connectivity index (χ2v) is 8.69. The van der Waals surface area contributed by atoms with Gasteiger partial charge in [0.2, 0.25) is 0 Å². The maximum atomic E-state index is 13.7. The van der Waals surface area contributed by atoms with Crippen LogP contribution in [0.15, 0.2) is 72.4 Å². The Hall–Kier alpha value is -3.57. The van der Waals surface area contributed by atoms with Crippen molar-refractivity contribution >= 4 is 40.4 Å². The Bertz CT molecular complexity index is 1260. The van der Waals surface area contributed by atoms with Crippen molar-refractivity contribution in [2.45, 2.75) is 33.8 Å². The van der Waals surface area contributed by atoms with Gasteiger partial charge in [0.15, 0.2) is 0 Å². The molecule has 168 valence electrons. The van der Waals surface area contributed by atoms with Crippen molar-refractivity contribution in [3.05, 3.63) is 94.1 Å². The van der Waals surface area contributed by atoms with Gasteiger partial charge in [-0.25, -0.2) is 4.90 Å². The monoisotopic (exact) mass is 460 g/mol. The summed E-state index contributed by atoms with van der Waals surface area (Å²) in [6.07, 6.45) is -0.115. The van der Waals surface area contributed by atoms with Crippen LogP contribution in [-0.2, 0) is 9.59 Å². The van der Waals surface area contributed by atoms with Crippen LogP contribution in [0.2, 0.25) is 5.02 Å². The van der Waals surface area contributed by atoms with Crippen molar-refractivity contribution in [3.63, 3.8) is 0 Å². The summed E-state index contributed by atoms with van der Waals surface area (Å²) in [5.74, 6) is -0.395. The number of anilines is 2. The van der Waals surface area contributed by atoms with E-state index >= 15 is 0 Å². The third-order valence-electron chi connectivity index (χ3n) is 5.33. The molecular formula is C27H25ClN2O3. The standard InChI is InChI=1S/C27H25ClN2O3/c1-16(2)33-23-8-6-5-7-22(23)30-26(31)24(19-12-9-17(3)10-13-19)25(27(30)32)29-20-14-11-18(4)21(28)15-20/h5-16,29H,1-4H3. The van der Waals surface area contributed by atoms with Crippen molar-refractivity contribution in [2.24, 2.45) is 0 Å². The number of para-hydroxylation sites is 2. The number of ether oxygens (including phenoxy) is 1. The number of halogens is 1. The normalized spacial score (nSPS) is 13.8. The van der Waals surface area contributed by atoms with E-state index in [1.807, 2.05) is 70.2 Å². The molecule has 3 aromatic rings. The van der Waals surface area contributed by atoms with E-state index in [1.54, 1.807) is 24.3 Å². The summed E-state index contributed by atoms with van der Waals surface area (Å²) in [4.78, 5) is 28.5. The molecule has 1 heterocycles. The Labute approximate surface area is 198 Å². The van der Waals surface area contributed by atoms with E-state index in [-0.39, 0.29) is 11.8 Å². The lowest BCUT2D eigenvalue weighted by Crippen LogP contribution is -2.33. The number of hydrogen-bond acceptors (Lipinski definition) is 4. The zero-order chi connectivity index (χ0) is 23.7. The Morgan fingerprint density at radius 1 is 0.909 bits per heavy atom. The SMILES string of the molecule is Cc1ccc(C2=C(Nc3ccc(C)c(Cl)c3)C(=O)N(c3ccccc3OC(C)C)C2=O)cc1. The molecule has 0 fully saturated rings. The second-order valence-electron chi connectivity index (χ2n) is 8.29. The average molecular weight is 461 g/mol. The van der Waals surface area contributed by atoms with E-state index < -0.39 is 11.8 Å². The van der Waals surface area contributed by atoms with Crippen LogP contribution in [0.25, 0.3) is 5.57 Å². The van der Waals surface area contributed by atoms with Gasteiger partial charge in [-0.3, -0.25) is 9.59 Å². The summed E-state index contributed by atoms with van der Waals surface area (Å²) >= 11 is 6.29. The van der Waals surface area contributed by atoms with Gasteiger partial charge in [0, 0.05) is 10.7 Å². The van der Waals surface area contributed by atoms with Gasteiger partial charge in [0.1, 0.15) is 11.4 Å².